The molecule has 2 unspecified atom stereocenters. The Kier molecular flexibility index (Phi) is 6.23. The van der Waals surface area contributed by atoms with Gasteiger partial charge in [-0.2, -0.15) is 0 Å². The lowest BCUT2D eigenvalue weighted by Crippen LogP contribution is -2.62. The van der Waals surface area contributed by atoms with Crippen LogP contribution < -0.4 is 0 Å². The van der Waals surface area contributed by atoms with E-state index in [1.807, 2.05) is 6.92 Å². The number of rotatable bonds is 5. The summed E-state index contributed by atoms with van der Waals surface area (Å²) >= 11 is 0. The third-order valence-corrected chi connectivity index (χ3v) is 10.9. The van der Waals surface area contributed by atoms with Gasteiger partial charge >= 0.3 is 5.97 Å². The Morgan fingerprint density at radius 1 is 1.09 bits per heavy atom. The molecule has 0 bridgehead atoms. The number of fused-ring (bicyclic) bond motifs is 3. The van der Waals surface area contributed by atoms with E-state index >= 15 is 0 Å². The van der Waals surface area contributed by atoms with E-state index in [0.29, 0.717) is 23.9 Å². The molecule has 1 N–H and O–H groups in total. The van der Waals surface area contributed by atoms with E-state index in [2.05, 4.69) is 25.3 Å². The number of aliphatic carboxylic acids is 1. The molecule has 186 valence electrons. The molecule has 5 nitrogen and oxygen atoms in total. The molecule has 7 atom stereocenters. The van der Waals surface area contributed by atoms with Gasteiger partial charge in [0, 0.05) is 11.3 Å². The zero-order chi connectivity index (χ0) is 23.4. The molecule has 3 aliphatic carbocycles. The number of nitrogens with zero attached hydrogens (tertiary/aromatic N) is 1. The van der Waals surface area contributed by atoms with Crippen LogP contribution in [-0.2, 0) is 14.3 Å². The first-order valence-corrected chi connectivity index (χ1v) is 13.6. The summed E-state index contributed by atoms with van der Waals surface area (Å²) in [5, 5.41) is 9.85. The van der Waals surface area contributed by atoms with Crippen LogP contribution in [0.15, 0.2) is 12.2 Å². The topological polar surface area (TPSA) is 59.0 Å². The standard InChI is InChI=1S/C28H45NO4/c1-19-10-11-22-26(2,21(19)13-17-29-16-7-14-28(29,4)25(30)31)15-12-23-27(22,3)18-32-24(33-23)20-8-5-6-9-20/h20-24H,1,5-18H2,2-4H3,(H,30,31)/t21-,22?,23-,24?,26+,27+,28+/m1/s1. The number of hydrogen-bond acceptors (Lipinski definition) is 4. The van der Waals surface area contributed by atoms with Crippen molar-refractivity contribution in [3.05, 3.63) is 12.2 Å². The fourth-order valence-corrected chi connectivity index (χ4v) is 8.77. The van der Waals surface area contributed by atoms with Gasteiger partial charge in [0.15, 0.2) is 6.29 Å². The van der Waals surface area contributed by atoms with E-state index in [1.54, 1.807) is 0 Å². The molecular weight excluding hydrogens is 414 g/mol. The van der Waals surface area contributed by atoms with Crippen LogP contribution in [0.5, 0.6) is 0 Å². The maximum atomic E-state index is 12.0. The van der Waals surface area contributed by atoms with E-state index in [9.17, 15) is 9.90 Å². The highest BCUT2D eigenvalue weighted by Gasteiger charge is 2.60. The Morgan fingerprint density at radius 2 is 1.85 bits per heavy atom. The first-order valence-electron chi connectivity index (χ1n) is 13.6. The predicted molar refractivity (Wildman–Crippen MR) is 129 cm³/mol. The molecule has 3 saturated carbocycles. The molecule has 0 radical (unpaired) electrons. The largest absolute Gasteiger partial charge is 0.480 e. The molecule has 2 aliphatic heterocycles. The highest BCUT2D eigenvalue weighted by molar-refractivity contribution is 5.78. The van der Waals surface area contributed by atoms with Crippen molar-refractivity contribution in [2.45, 2.75) is 109 Å². The van der Waals surface area contributed by atoms with E-state index < -0.39 is 11.5 Å². The van der Waals surface area contributed by atoms with Gasteiger partial charge in [-0.1, -0.05) is 38.8 Å². The molecule has 0 aromatic rings. The molecular formula is C28H45NO4. The van der Waals surface area contributed by atoms with Crippen molar-refractivity contribution in [1.29, 1.82) is 0 Å². The molecule has 2 saturated heterocycles. The number of carbonyl (C=O) groups is 1. The second-order valence-corrected chi connectivity index (χ2v) is 12.7. The van der Waals surface area contributed by atoms with Crippen LogP contribution in [0.3, 0.4) is 0 Å². The predicted octanol–water partition coefficient (Wildman–Crippen LogP) is 5.64. The Hall–Kier alpha value is -0.910. The molecule has 5 aliphatic rings. The lowest BCUT2D eigenvalue weighted by atomic mass is 9.46. The van der Waals surface area contributed by atoms with Crippen LogP contribution in [0.1, 0.15) is 91.4 Å². The zero-order valence-electron chi connectivity index (χ0n) is 21.1. The van der Waals surface area contributed by atoms with Crippen LogP contribution in [0.4, 0.5) is 0 Å². The third-order valence-electron chi connectivity index (χ3n) is 10.9. The average Bonchev–Trinajstić information content (AvgIpc) is 3.43. The van der Waals surface area contributed by atoms with Crippen LogP contribution in [0.2, 0.25) is 0 Å². The van der Waals surface area contributed by atoms with E-state index in [0.717, 1.165) is 51.8 Å². The number of hydrogen-bond donors (Lipinski definition) is 1. The summed E-state index contributed by atoms with van der Waals surface area (Å²) in [5.41, 5.74) is 0.922. The fourth-order valence-electron chi connectivity index (χ4n) is 8.77. The summed E-state index contributed by atoms with van der Waals surface area (Å²) in [6.45, 7) is 13.9. The number of allylic oxidation sites excluding steroid dienone is 1. The molecule has 0 aromatic heterocycles. The van der Waals surface area contributed by atoms with Crippen LogP contribution >= 0.6 is 0 Å². The third kappa shape index (κ3) is 3.81. The minimum absolute atomic E-state index is 0.00754. The summed E-state index contributed by atoms with van der Waals surface area (Å²) in [4.78, 5) is 14.2. The number of carboxylic acids is 1. The summed E-state index contributed by atoms with van der Waals surface area (Å²) < 4.78 is 13.2. The smallest absolute Gasteiger partial charge is 0.323 e. The average molecular weight is 460 g/mol. The second-order valence-electron chi connectivity index (χ2n) is 12.7. The highest BCUT2D eigenvalue weighted by atomic mass is 16.7. The maximum Gasteiger partial charge on any atom is 0.323 e. The first kappa shape index (κ1) is 23.8. The SMILES string of the molecule is C=C1CCC2[C@]3(C)COC(C4CCCC4)O[C@@H]3CC[C@@]2(C)[C@@H]1CCN1CCC[C@@]1(C)C(=O)O. The molecule has 5 heteroatoms. The highest BCUT2D eigenvalue weighted by Crippen LogP contribution is 2.63. The van der Waals surface area contributed by atoms with Crippen molar-refractivity contribution < 1.29 is 19.4 Å². The van der Waals surface area contributed by atoms with Crippen LogP contribution in [0.25, 0.3) is 0 Å². The lowest BCUT2D eigenvalue weighted by Gasteiger charge is -2.63. The summed E-state index contributed by atoms with van der Waals surface area (Å²) in [6.07, 6.45) is 12.7. The Balaban J connectivity index is 1.31. The van der Waals surface area contributed by atoms with Crippen LogP contribution in [-0.4, -0.2) is 53.6 Å². The van der Waals surface area contributed by atoms with E-state index in [-0.39, 0.29) is 17.1 Å². The quantitative estimate of drug-likeness (QED) is 0.540. The molecule has 0 amide bonds. The van der Waals surface area contributed by atoms with Crippen molar-refractivity contribution >= 4 is 5.97 Å². The van der Waals surface area contributed by atoms with Gasteiger partial charge in [-0.25, -0.2) is 0 Å². The van der Waals surface area contributed by atoms with Gasteiger partial charge in [-0.15, -0.1) is 0 Å². The van der Waals surface area contributed by atoms with Crippen molar-refractivity contribution in [3.63, 3.8) is 0 Å². The van der Waals surface area contributed by atoms with Gasteiger partial charge < -0.3 is 14.6 Å². The number of likely N-dealkylation sites (tertiary alicyclic amines) is 1. The van der Waals surface area contributed by atoms with Crippen molar-refractivity contribution in [2.24, 2.45) is 28.6 Å². The van der Waals surface area contributed by atoms with Gasteiger partial charge in [0.1, 0.15) is 5.54 Å². The monoisotopic (exact) mass is 459 g/mol. The minimum atomic E-state index is -0.708. The lowest BCUT2D eigenvalue weighted by molar-refractivity contribution is -0.316. The van der Waals surface area contributed by atoms with Gasteiger partial charge in [0.25, 0.3) is 0 Å². The summed E-state index contributed by atoms with van der Waals surface area (Å²) in [5.74, 6) is 0.923. The number of carboxylic acid groups (broad SMARTS) is 1. The molecule has 33 heavy (non-hydrogen) atoms. The van der Waals surface area contributed by atoms with Crippen molar-refractivity contribution in [2.75, 3.05) is 19.7 Å². The van der Waals surface area contributed by atoms with E-state index in [1.165, 1.54) is 44.1 Å². The van der Waals surface area contributed by atoms with Gasteiger partial charge in [0.05, 0.1) is 12.7 Å². The Morgan fingerprint density at radius 3 is 2.58 bits per heavy atom. The molecule has 5 fully saturated rings. The van der Waals surface area contributed by atoms with Gasteiger partial charge in [0.2, 0.25) is 0 Å². The zero-order valence-corrected chi connectivity index (χ0v) is 21.1. The minimum Gasteiger partial charge on any atom is -0.480 e. The maximum absolute atomic E-state index is 12.0. The normalized spacial score (nSPS) is 46.8. The Labute approximate surface area is 200 Å². The van der Waals surface area contributed by atoms with Crippen molar-refractivity contribution in [3.8, 4) is 0 Å². The number of ether oxygens (including phenoxy) is 2. The fraction of sp³-hybridized carbons (Fsp3) is 0.893. The first-order chi connectivity index (χ1) is 15.7. The van der Waals surface area contributed by atoms with E-state index in [4.69, 9.17) is 9.47 Å². The second kappa shape index (κ2) is 8.64. The molecule has 0 spiro atoms. The molecule has 5 rings (SSSR count). The summed E-state index contributed by atoms with van der Waals surface area (Å²) in [6, 6.07) is 0. The van der Waals surface area contributed by atoms with Gasteiger partial charge in [-0.3, -0.25) is 9.69 Å². The molecule has 0 aromatic carbocycles. The Bertz CT molecular complexity index is 778. The molecule has 2 heterocycles. The van der Waals surface area contributed by atoms with Gasteiger partial charge in [-0.05, 0) is 95.1 Å². The van der Waals surface area contributed by atoms with Crippen LogP contribution in [0, 0.1) is 28.6 Å². The summed E-state index contributed by atoms with van der Waals surface area (Å²) in [7, 11) is 0. The van der Waals surface area contributed by atoms with Crippen molar-refractivity contribution in [1.82, 2.24) is 4.90 Å².